The zero-order valence-electron chi connectivity index (χ0n) is 9.32. The van der Waals surface area contributed by atoms with E-state index in [4.69, 9.17) is 0 Å². The maximum atomic E-state index is 11.9. The number of carbonyl (C=O) groups excluding carboxylic acids is 1. The van der Waals surface area contributed by atoms with E-state index in [-0.39, 0.29) is 10.8 Å². The van der Waals surface area contributed by atoms with Gasteiger partial charge in [-0.3, -0.25) is 4.79 Å². The summed E-state index contributed by atoms with van der Waals surface area (Å²) in [5, 5.41) is 0. The van der Waals surface area contributed by atoms with Gasteiger partial charge in [-0.15, -0.1) is 0 Å². The Balaban J connectivity index is 4.66. The molecule has 0 atom stereocenters. The van der Waals surface area contributed by atoms with E-state index in [0.717, 1.165) is 12.8 Å². The van der Waals surface area contributed by atoms with Crippen molar-refractivity contribution in [3.63, 3.8) is 0 Å². The molecule has 0 N–H and O–H groups in total. The van der Waals surface area contributed by atoms with Gasteiger partial charge in [-0.1, -0.05) is 41.5 Å². The van der Waals surface area contributed by atoms with Crippen LogP contribution in [0.2, 0.25) is 0 Å². The van der Waals surface area contributed by atoms with Gasteiger partial charge in [-0.25, -0.2) is 0 Å². The van der Waals surface area contributed by atoms with Crippen LogP contribution in [-0.2, 0) is 4.79 Å². The first-order valence-electron chi connectivity index (χ1n) is 4.83. The zero-order chi connectivity index (χ0) is 9.99. The van der Waals surface area contributed by atoms with Crippen LogP contribution in [0.5, 0.6) is 0 Å². The van der Waals surface area contributed by atoms with Crippen molar-refractivity contribution in [1.82, 2.24) is 0 Å². The minimum Gasteiger partial charge on any atom is -0.299 e. The van der Waals surface area contributed by atoms with E-state index in [1.54, 1.807) is 0 Å². The van der Waals surface area contributed by atoms with Crippen LogP contribution >= 0.6 is 0 Å². The molecular weight excluding hydrogens is 148 g/mol. The Morgan fingerprint density at radius 1 is 1.00 bits per heavy atom. The van der Waals surface area contributed by atoms with Crippen molar-refractivity contribution in [3.8, 4) is 0 Å². The smallest absolute Gasteiger partial charge is 0.144 e. The highest BCUT2D eigenvalue weighted by atomic mass is 16.1. The Labute approximate surface area is 76.6 Å². The third kappa shape index (κ3) is 2.33. The Bertz CT molecular complexity index is 158. The molecule has 0 spiro atoms. The lowest BCUT2D eigenvalue weighted by Gasteiger charge is -2.32. The van der Waals surface area contributed by atoms with Gasteiger partial charge >= 0.3 is 0 Å². The average Bonchev–Trinajstić information content (AvgIpc) is 2.00. The number of hydrogen-bond acceptors (Lipinski definition) is 1. The number of hydrogen-bond donors (Lipinski definition) is 0. The van der Waals surface area contributed by atoms with Crippen LogP contribution in [0.15, 0.2) is 0 Å². The highest BCUT2D eigenvalue weighted by molar-refractivity contribution is 5.88. The monoisotopic (exact) mass is 170 g/mol. The van der Waals surface area contributed by atoms with Gasteiger partial charge < -0.3 is 0 Å². The van der Waals surface area contributed by atoms with Crippen LogP contribution in [-0.4, -0.2) is 5.78 Å². The molecule has 0 aromatic rings. The van der Waals surface area contributed by atoms with Gasteiger partial charge in [0.05, 0.1) is 0 Å². The fraction of sp³-hybridized carbons (Fsp3) is 0.909. The Morgan fingerprint density at radius 3 is 1.42 bits per heavy atom. The fourth-order valence-corrected chi connectivity index (χ4v) is 1.48. The Kier molecular flexibility index (Phi) is 3.49. The predicted molar refractivity (Wildman–Crippen MR) is 53.2 cm³/mol. The SMILES string of the molecule is CCC(C)(CC)C(=O)C(C)(C)C. The molecule has 0 radical (unpaired) electrons. The van der Waals surface area contributed by atoms with Gasteiger partial charge in [0.15, 0.2) is 0 Å². The lowest BCUT2D eigenvalue weighted by atomic mass is 9.70. The molecule has 0 aliphatic rings. The van der Waals surface area contributed by atoms with E-state index >= 15 is 0 Å². The molecule has 0 aliphatic heterocycles. The molecule has 1 nitrogen and oxygen atoms in total. The number of rotatable bonds is 3. The van der Waals surface area contributed by atoms with E-state index in [9.17, 15) is 4.79 Å². The van der Waals surface area contributed by atoms with E-state index in [1.165, 1.54) is 0 Å². The third-order valence-electron chi connectivity index (χ3n) is 2.79. The molecule has 0 amide bonds. The van der Waals surface area contributed by atoms with Gasteiger partial charge in [0.25, 0.3) is 0 Å². The van der Waals surface area contributed by atoms with Crippen LogP contribution in [0.25, 0.3) is 0 Å². The second-order valence-corrected chi connectivity index (χ2v) is 4.85. The van der Waals surface area contributed by atoms with Crippen molar-refractivity contribution in [2.45, 2.75) is 54.4 Å². The molecule has 0 bridgehead atoms. The largest absolute Gasteiger partial charge is 0.299 e. The summed E-state index contributed by atoms with van der Waals surface area (Å²) in [4.78, 5) is 11.9. The summed E-state index contributed by atoms with van der Waals surface area (Å²) in [5.41, 5.74) is -0.307. The van der Waals surface area contributed by atoms with Crippen molar-refractivity contribution >= 4 is 5.78 Å². The normalized spacial score (nSPS) is 13.2. The lowest BCUT2D eigenvalue weighted by Crippen LogP contribution is -2.36. The molecule has 0 aromatic heterocycles. The molecule has 72 valence electrons. The van der Waals surface area contributed by atoms with Crippen molar-refractivity contribution in [1.29, 1.82) is 0 Å². The topological polar surface area (TPSA) is 17.1 Å². The maximum Gasteiger partial charge on any atom is 0.144 e. The van der Waals surface area contributed by atoms with Crippen LogP contribution in [0.4, 0.5) is 0 Å². The third-order valence-corrected chi connectivity index (χ3v) is 2.79. The van der Waals surface area contributed by atoms with Crippen molar-refractivity contribution < 1.29 is 4.79 Å². The molecule has 0 heterocycles. The Morgan fingerprint density at radius 2 is 1.33 bits per heavy atom. The first-order valence-corrected chi connectivity index (χ1v) is 4.83. The summed E-state index contributed by atoms with van der Waals surface area (Å²) in [6, 6.07) is 0. The van der Waals surface area contributed by atoms with Crippen molar-refractivity contribution in [3.05, 3.63) is 0 Å². The molecule has 1 heteroatoms. The van der Waals surface area contributed by atoms with Crippen molar-refractivity contribution in [2.24, 2.45) is 10.8 Å². The molecule has 12 heavy (non-hydrogen) atoms. The number of carbonyl (C=O) groups is 1. The second-order valence-electron chi connectivity index (χ2n) is 4.85. The summed E-state index contributed by atoms with van der Waals surface area (Å²) in [6.07, 6.45) is 1.89. The average molecular weight is 170 g/mol. The Hall–Kier alpha value is -0.330. The highest BCUT2D eigenvalue weighted by Gasteiger charge is 2.36. The van der Waals surface area contributed by atoms with E-state index in [0.29, 0.717) is 5.78 Å². The predicted octanol–water partition coefficient (Wildman–Crippen LogP) is 3.43. The van der Waals surface area contributed by atoms with Gasteiger partial charge in [-0.05, 0) is 12.8 Å². The summed E-state index contributed by atoms with van der Waals surface area (Å²) >= 11 is 0. The number of ketones is 1. The van der Waals surface area contributed by atoms with Gasteiger partial charge in [0, 0.05) is 10.8 Å². The molecule has 0 aliphatic carbocycles. The summed E-state index contributed by atoms with van der Waals surface area (Å²) in [7, 11) is 0. The van der Waals surface area contributed by atoms with Crippen LogP contribution < -0.4 is 0 Å². The zero-order valence-corrected chi connectivity index (χ0v) is 9.32. The summed E-state index contributed by atoms with van der Waals surface area (Å²) < 4.78 is 0. The molecule has 0 fully saturated rings. The molecule has 0 rings (SSSR count). The summed E-state index contributed by atoms with van der Waals surface area (Å²) in [6.45, 7) is 12.2. The first-order chi connectivity index (χ1) is 5.28. The molecule has 0 saturated carbocycles. The molecular formula is C11H22O. The quantitative estimate of drug-likeness (QED) is 0.634. The molecule has 0 unspecified atom stereocenters. The fourth-order valence-electron chi connectivity index (χ4n) is 1.48. The van der Waals surface area contributed by atoms with E-state index in [1.807, 2.05) is 20.8 Å². The van der Waals surface area contributed by atoms with Crippen LogP contribution in [0, 0.1) is 10.8 Å². The van der Waals surface area contributed by atoms with Gasteiger partial charge in [0.2, 0.25) is 0 Å². The first kappa shape index (κ1) is 11.7. The summed E-state index contributed by atoms with van der Waals surface area (Å²) in [5.74, 6) is 0.389. The van der Waals surface area contributed by atoms with Gasteiger partial charge in [-0.2, -0.15) is 0 Å². The highest BCUT2D eigenvalue weighted by Crippen LogP contribution is 2.34. The number of Topliss-reactive ketones (excluding diaryl/α,β-unsaturated/α-hetero) is 1. The van der Waals surface area contributed by atoms with Crippen LogP contribution in [0.3, 0.4) is 0 Å². The second kappa shape index (κ2) is 3.59. The minimum atomic E-state index is -0.194. The maximum absolute atomic E-state index is 11.9. The van der Waals surface area contributed by atoms with Gasteiger partial charge in [0.1, 0.15) is 5.78 Å². The standard InChI is InChI=1S/C11H22O/c1-7-11(6,8-2)9(12)10(3,4)5/h7-8H2,1-6H3. The van der Waals surface area contributed by atoms with E-state index < -0.39 is 0 Å². The lowest BCUT2D eigenvalue weighted by molar-refractivity contribution is -0.136. The van der Waals surface area contributed by atoms with Crippen molar-refractivity contribution in [2.75, 3.05) is 0 Å². The molecule has 0 saturated heterocycles. The van der Waals surface area contributed by atoms with Crippen LogP contribution in [0.1, 0.15) is 54.4 Å². The molecule has 0 aromatic carbocycles. The van der Waals surface area contributed by atoms with E-state index in [2.05, 4.69) is 20.8 Å². The minimum absolute atomic E-state index is 0.113.